The number of carbonyl (C=O) groups is 2. The molecule has 0 spiro atoms. The summed E-state index contributed by atoms with van der Waals surface area (Å²) in [4.78, 5) is 29.1. The smallest absolute Gasteiger partial charge is 0.254 e. The van der Waals surface area contributed by atoms with Crippen LogP contribution in [0.1, 0.15) is 55.3 Å². The number of hydrogen-bond donors (Lipinski definition) is 0. The Labute approximate surface area is 178 Å². The average molecular weight is 413 g/mol. The van der Waals surface area contributed by atoms with Crippen LogP contribution < -0.4 is 4.74 Å². The maximum absolute atomic E-state index is 12.7. The Kier molecular flexibility index (Phi) is 7.05. The highest BCUT2D eigenvalue weighted by Crippen LogP contribution is 2.24. The summed E-state index contributed by atoms with van der Waals surface area (Å²) in [5.74, 6) is 1.01. The second-order valence-electron chi connectivity index (χ2n) is 8.42. The Bertz CT molecular complexity index is 777. The molecule has 162 valence electrons. The second-order valence-corrected chi connectivity index (χ2v) is 8.42. The monoisotopic (exact) mass is 412 g/mol. The third kappa shape index (κ3) is 5.42. The minimum Gasteiger partial charge on any atom is -0.490 e. The Morgan fingerprint density at radius 3 is 2.57 bits per heavy atom. The van der Waals surface area contributed by atoms with Gasteiger partial charge < -0.3 is 19.3 Å². The summed E-state index contributed by atoms with van der Waals surface area (Å²) in [6, 6.07) is 7.46. The molecular formula is C24H32N2O4. The molecule has 2 aliphatic heterocycles. The van der Waals surface area contributed by atoms with Crippen LogP contribution in [0.3, 0.4) is 0 Å². The summed E-state index contributed by atoms with van der Waals surface area (Å²) < 4.78 is 11.5. The molecule has 2 heterocycles. The van der Waals surface area contributed by atoms with Gasteiger partial charge in [0.25, 0.3) is 5.91 Å². The molecule has 1 aromatic carbocycles. The van der Waals surface area contributed by atoms with E-state index in [2.05, 4.69) is 6.08 Å². The van der Waals surface area contributed by atoms with E-state index in [4.69, 9.17) is 9.47 Å². The van der Waals surface area contributed by atoms with Crippen molar-refractivity contribution < 1.29 is 19.1 Å². The van der Waals surface area contributed by atoms with Crippen molar-refractivity contribution in [1.82, 2.24) is 9.80 Å². The number of nitrogens with zero attached hydrogens (tertiary/aromatic N) is 2. The van der Waals surface area contributed by atoms with Gasteiger partial charge in [-0.3, -0.25) is 9.59 Å². The fraction of sp³-hybridized carbons (Fsp3) is 0.583. The van der Waals surface area contributed by atoms with Gasteiger partial charge in [0.1, 0.15) is 11.9 Å². The normalized spacial score (nSPS) is 20.6. The van der Waals surface area contributed by atoms with Crippen molar-refractivity contribution in [1.29, 1.82) is 0 Å². The molecule has 1 aliphatic carbocycles. The highest BCUT2D eigenvalue weighted by molar-refractivity contribution is 5.94. The van der Waals surface area contributed by atoms with Crippen LogP contribution in [0.5, 0.6) is 5.75 Å². The summed E-state index contributed by atoms with van der Waals surface area (Å²) >= 11 is 0. The molecule has 2 fully saturated rings. The molecule has 6 heteroatoms. The van der Waals surface area contributed by atoms with Crippen LogP contribution in [0.15, 0.2) is 35.9 Å². The van der Waals surface area contributed by atoms with Gasteiger partial charge in [0.2, 0.25) is 5.91 Å². The van der Waals surface area contributed by atoms with Crippen molar-refractivity contribution in [3.8, 4) is 5.75 Å². The van der Waals surface area contributed by atoms with E-state index in [0.29, 0.717) is 38.3 Å². The van der Waals surface area contributed by atoms with Gasteiger partial charge in [-0.05, 0) is 43.9 Å². The number of amides is 2. The van der Waals surface area contributed by atoms with E-state index in [9.17, 15) is 9.59 Å². The number of piperidine rings is 1. The number of rotatable bonds is 5. The first kappa shape index (κ1) is 20.9. The molecule has 1 aromatic rings. The maximum Gasteiger partial charge on any atom is 0.254 e. The molecule has 6 nitrogen and oxygen atoms in total. The van der Waals surface area contributed by atoms with Crippen molar-refractivity contribution >= 4 is 11.8 Å². The van der Waals surface area contributed by atoms with E-state index >= 15 is 0 Å². The van der Waals surface area contributed by atoms with Gasteiger partial charge in [0.15, 0.2) is 0 Å². The summed E-state index contributed by atoms with van der Waals surface area (Å²) in [5, 5.41) is 0. The quantitative estimate of drug-likeness (QED) is 0.696. The highest BCUT2D eigenvalue weighted by Gasteiger charge is 2.25. The number of hydrogen-bond acceptors (Lipinski definition) is 4. The SMILES string of the molecule is O=C(CC1=CCCCC1)N1CCC(Oc2cccc(C(=O)N3CCOCC3)c2)CC1. The Balaban J connectivity index is 1.27. The number of benzene rings is 1. The first-order chi connectivity index (χ1) is 14.7. The number of likely N-dealkylation sites (tertiary alicyclic amines) is 1. The van der Waals surface area contributed by atoms with Gasteiger partial charge in [0, 0.05) is 51.0 Å². The summed E-state index contributed by atoms with van der Waals surface area (Å²) in [6.07, 6.45) is 9.22. The van der Waals surface area contributed by atoms with E-state index in [-0.39, 0.29) is 17.9 Å². The zero-order valence-corrected chi connectivity index (χ0v) is 17.7. The number of carbonyl (C=O) groups excluding carboxylic acids is 2. The van der Waals surface area contributed by atoms with Gasteiger partial charge >= 0.3 is 0 Å². The molecule has 0 aromatic heterocycles. The molecule has 0 bridgehead atoms. The molecule has 4 rings (SSSR count). The Hall–Kier alpha value is -2.34. The lowest BCUT2D eigenvalue weighted by Crippen LogP contribution is -2.42. The van der Waals surface area contributed by atoms with Gasteiger partial charge in [-0.25, -0.2) is 0 Å². The van der Waals surface area contributed by atoms with Crippen LogP contribution in [0.4, 0.5) is 0 Å². The van der Waals surface area contributed by atoms with E-state index in [1.807, 2.05) is 34.1 Å². The fourth-order valence-electron chi connectivity index (χ4n) is 4.44. The average Bonchev–Trinajstić information content (AvgIpc) is 2.80. The topological polar surface area (TPSA) is 59.1 Å². The number of allylic oxidation sites excluding steroid dienone is 1. The minimum atomic E-state index is 0.0289. The van der Waals surface area contributed by atoms with Crippen molar-refractivity contribution in [2.45, 2.75) is 51.0 Å². The first-order valence-corrected chi connectivity index (χ1v) is 11.3. The van der Waals surface area contributed by atoms with Crippen LogP contribution in [-0.2, 0) is 9.53 Å². The zero-order chi connectivity index (χ0) is 20.8. The molecule has 0 N–H and O–H groups in total. The molecule has 0 atom stereocenters. The van der Waals surface area contributed by atoms with Crippen LogP contribution in [-0.4, -0.2) is 67.1 Å². The predicted octanol–water partition coefficient (Wildman–Crippen LogP) is 3.42. The van der Waals surface area contributed by atoms with Gasteiger partial charge in [-0.15, -0.1) is 0 Å². The van der Waals surface area contributed by atoms with Crippen LogP contribution >= 0.6 is 0 Å². The third-order valence-electron chi connectivity index (χ3n) is 6.24. The lowest BCUT2D eigenvalue weighted by atomic mass is 9.96. The van der Waals surface area contributed by atoms with E-state index < -0.39 is 0 Å². The molecular weight excluding hydrogens is 380 g/mol. The summed E-state index contributed by atoms with van der Waals surface area (Å²) in [6.45, 7) is 3.93. The third-order valence-corrected chi connectivity index (χ3v) is 6.24. The Morgan fingerprint density at radius 2 is 1.83 bits per heavy atom. The Morgan fingerprint density at radius 1 is 1.03 bits per heavy atom. The van der Waals surface area contributed by atoms with Crippen molar-refractivity contribution in [3.05, 3.63) is 41.5 Å². The van der Waals surface area contributed by atoms with Gasteiger partial charge in [-0.2, -0.15) is 0 Å². The van der Waals surface area contributed by atoms with Crippen LogP contribution in [0.25, 0.3) is 0 Å². The van der Waals surface area contributed by atoms with E-state index in [1.165, 1.54) is 18.4 Å². The van der Waals surface area contributed by atoms with E-state index in [0.717, 1.165) is 44.5 Å². The first-order valence-electron chi connectivity index (χ1n) is 11.3. The molecule has 0 saturated carbocycles. The van der Waals surface area contributed by atoms with Crippen molar-refractivity contribution in [2.75, 3.05) is 39.4 Å². The fourth-order valence-corrected chi connectivity index (χ4v) is 4.44. The lowest BCUT2D eigenvalue weighted by Gasteiger charge is -2.33. The maximum atomic E-state index is 12.7. The molecule has 2 saturated heterocycles. The molecule has 2 amide bonds. The van der Waals surface area contributed by atoms with Gasteiger partial charge in [-0.1, -0.05) is 17.7 Å². The van der Waals surface area contributed by atoms with Gasteiger partial charge in [0.05, 0.1) is 13.2 Å². The summed E-state index contributed by atoms with van der Waals surface area (Å²) in [5.41, 5.74) is 1.97. The largest absolute Gasteiger partial charge is 0.490 e. The van der Waals surface area contributed by atoms with Crippen LogP contribution in [0, 0.1) is 0 Å². The predicted molar refractivity (Wildman–Crippen MR) is 115 cm³/mol. The molecule has 3 aliphatic rings. The zero-order valence-electron chi connectivity index (χ0n) is 17.7. The highest BCUT2D eigenvalue weighted by atomic mass is 16.5. The molecule has 0 radical (unpaired) electrons. The second kappa shape index (κ2) is 10.1. The van der Waals surface area contributed by atoms with E-state index in [1.54, 1.807) is 0 Å². The summed E-state index contributed by atoms with van der Waals surface area (Å²) in [7, 11) is 0. The van der Waals surface area contributed by atoms with Crippen molar-refractivity contribution in [3.63, 3.8) is 0 Å². The molecule has 30 heavy (non-hydrogen) atoms. The lowest BCUT2D eigenvalue weighted by molar-refractivity contribution is -0.132. The van der Waals surface area contributed by atoms with Crippen molar-refractivity contribution in [2.24, 2.45) is 0 Å². The minimum absolute atomic E-state index is 0.0289. The van der Waals surface area contributed by atoms with Crippen LogP contribution in [0.2, 0.25) is 0 Å². The number of ether oxygens (including phenoxy) is 2. The number of morpholine rings is 1. The standard InChI is InChI=1S/C24H32N2O4/c27-23(17-19-5-2-1-3-6-19)25-11-9-21(10-12-25)30-22-8-4-7-20(18-22)24(28)26-13-15-29-16-14-26/h4-5,7-8,18,21H,1-3,6,9-17H2. The molecule has 0 unspecified atom stereocenters.